The summed E-state index contributed by atoms with van der Waals surface area (Å²) in [6, 6.07) is 6.64. The van der Waals surface area contributed by atoms with Gasteiger partial charge in [-0.3, -0.25) is 0 Å². The highest BCUT2D eigenvalue weighted by atomic mass is 19.1. The molecule has 1 aromatic rings. The second-order valence-electron chi connectivity index (χ2n) is 4.18. The summed E-state index contributed by atoms with van der Waals surface area (Å²) in [5, 5.41) is 18.1. The van der Waals surface area contributed by atoms with Gasteiger partial charge >= 0.3 is 0 Å². The van der Waals surface area contributed by atoms with E-state index >= 15 is 0 Å². The highest BCUT2D eigenvalue weighted by molar-refractivity contribution is 5.30. The standard InChI is InChI=1S/C14H21FO6/c15-6-9-18-10-12(17)11-19-13-2-4-14(5-3-13)21-20-8-1-7-16/h2-5,12,16-17H,1,6-11H2. The second kappa shape index (κ2) is 11.3. The van der Waals surface area contributed by atoms with Gasteiger partial charge in [0.2, 0.25) is 0 Å². The molecule has 0 amide bonds. The molecule has 0 saturated heterocycles. The van der Waals surface area contributed by atoms with Gasteiger partial charge in [-0.15, -0.1) is 0 Å². The molecule has 0 radical (unpaired) electrons. The lowest BCUT2D eigenvalue weighted by atomic mass is 10.3. The molecular weight excluding hydrogens is 283 g/mol. The van der Waals surface area contributed by atoms with Crippen LogP contribution in [-0.2, 0) is 9.62 Å². The van der Waals surface area contributed by atoms with E-state index in [9.17, 15) is 9.50 Å². The number of alkyl halides is 1. The Labute approximate surface area is 122 Å². The number of hydrogen-bond donors (Lipinski definition) is 2. The fourth-order valence-electron chi connectivity index (χ4n) is 1.34. The number of aliphatic hydroxyl groups excluding tert-OH is 2. The first kappa shape index (κ1) is 17.6. The van der Waals surface area contributed by atoms with Gasteiger partial charge in [0.05, 0.1) is 19.8 Å². The lowest BCUT2D eigenvalue weighted by Crippen LogP contribution is -2.23. The van der Waals surface area contributed by atoms with E-state index in [0.29, 0.717) is 24.5 Å². The van der Waals surface area contributed by atoms with Crippen LogP contribution in [0.2, 0.25) is 0 Å². The lowest BCUT2D eigenvalue weighted by Gasteiger charge is -2.12. The molecule has 2 N–H and O–H groups in total. The van der Waals surface area contributed by atoms with Crippen molar-refractivity contribution in [3.05, 3.63) is 24.3 Å². The molecule has 0 aliphatic heterocycles. The highest BCUT2D eigenvalue weighted by Crippen LogP contribution is 2.18. The SMILES string of the molecule is OCCCOOc1ccc(OCC(O)COCCF)cc1. The molecule has 7 heteroatoms. The molecule has 0 heterocycles. The normalized spacial score (nSPS) is 12.1. The van der Waals surface area contributed by atoms with Crippen LogP contribution in [0.4, 0.5) is 4.39 Å². The molecule has 120 valence electrons. The molecule has 0 bridgehead atoms. The summed E-state index contributed by atoms with van der Waals surface area (Å²) in [5.74, 6) is 1.06. The van der Waals surface area contributed by atoms with Crippen LogP contribution in [0.5, 0.6) is 11.5 Å². The number of ether oxygens (including phenoxy) is 2. The van der Waals surface area contributed by atoms with Crippen molar-refractivity contribution in [2.75, 3.05) is 39.7 Å². The molecule has 1 unspecified atom stereocenters. The molecule has 21 heavy (non-hydrogen) atoms. The zero-order valence-corrected chi connectivity index (χ0v) is 11.7. The molecule has 0 aliphatic rings. The van der Waals surface area contributed by atoms with E-state index in [4.69, 9.17) is 24.4 Å². The number of hydrogen-bond acceptors (Lipinski definition) is 6. The minimum absolute atomic E-state index is 0.0284. The summed E-state index contributed by atoms with van der Waals surface area (Å²) >= 11 is 0. The van der Waals surface area contributed by atoms with Crippen LogP contribution in [0.25, 0.3) is 0 Å². The maximum absolute atomic E-state index is 11.8. The van der Waals surface area contributed by atoms with Crippen LogP contribution in [0, 0.1) is 0 Å². The van der Waals surface area contributed by atoms with Crippen molar-refractivity contribution >= 4 is 0 Å². The van der Waals surface area contributed by atoms with E-state index in [1.54, 1.807) is 24.3 Å². The number of rotatable bonds is 12. The molecule has 0 aromatic heterocycles. The Morgan fingerprint density at radius 1 is 1.05 bits per heavy atom. The van der Waals surface area contributed by atoms with Gasteiger partial charge in [-0.25, -0.2) is 4.39 Å². The Morgan fingerprint density at radius 2 is 1.76 bits per heavy atom. The van der Waals surface area contributed by atoms with Gasteiger partial charge in [0.25, 0.3) is 0 Å². The van der Waals surface area contributed by atoms with Crippen molar-refractivity contribution in [2.24, 2.45) is 0 Å². The van der Waals surface area contributed by atoms with Gasteiger partial charge in [-0.2, -0.15) is 4.89 Å². The fraction of sp³-hybridized carbons (Fsp3) is 0.571. The van der Waals surface area contributed by atoms with Gasteiger partial charge in [-0.05, 0) is 30.7 Å². The molecule has 0 saturated carbocycles. The van der Waals surface area contributed by atoms with Gasteiger partial charge in [-0.1, -0.05) is 0 Å². The summed E-state index contributed by atoms with van der Waals surface area (Å²) in [7, 11) is 0. The van der Waals surface area contributed by atoms with Crippen LogP contribution in [0.1, 0.15) is 6.42 Å². The van der Waals surface area contributed by atoms with E-state index in [0.717, 1.165) is 0 Å². The summed E-state index contributed by atoms with van der Waals surface area (Å²) in [6.07, 6.45) is -0.307. The minimum Gasteiger partial charge on any atom is -0.491 e. The Hall–Kier alpha value is -1.41. The molecule has 0 spiro atoms. The van der Waals surface area contributed by atoms with Crippen LogP contribution in [0.3, 0.4) is 0 Å². The molecule has 0 fully saturated rings. The van der Waals surface area contributed by atoms with Crippen molar-refractivity contribution in [1.29, 1.82) is 0 Å². The van der Waals surface area contributed by atoms with Crippen LogP contribution >= 0.6 is 0 Å². The molecule has 0 aliphatic carbocycles. The van der Waals surface area contributed by atoms with Crippen LogP contribution in [-0.4, -0.2) is 56.0 Å². The maximum atomic E-state index is 11.8. The van der Waals surface area contributed by atoms with E-state index < -0.39 is 12.8 Å². The van der Waals surface area contributed by atoms with Crippen molar-refractivity contribution in [3.63, 3.8) is 0 Å². The van der Waals surface area contributed by atoms with Crippen molar-refractivity contribution < 1.29 is 33.9 Å². The third-order valence-corrected chi connectivity index (χ3v) is 2.34. The maximum Gasteiger partial charge on any atom is 0.165 e. The lowest BCUT2D eigenvalue weighted by molar-refractivity contribution is -0.208. The zero-order valence-electron chi connectivity index (χ0n) is 11.7. The van der Waals surface area contributed by atoms with Gasteiger partial charge in [0.15, 0.2) is 5.75 Å². The second-order valence-corrected chi connectivity index (χ2v) is 4.18. The average Bonchev–Trinajstić information content (AvgIpc) is 2.51. The Morgan fingerprint density at radius 3 is 2.43 bits per heavy atom. The van der Waals surface area contributed by atoms with Crippen LogP contribution in [0.15, 0.2) is 24.3 Å². The summed E-state index contributed by atoms with van der Waals surface area (Å²) < 4.78 is 22.0. The predicted octanol–water partition coefficient (Wildman–Crippen LogP) is 1.11. The Bertz CT molecular complexity index is 359. The first-order valence-corrected chi connectivity index (χ1v) is 6.71. The monoisotopic (exact) mass is 304 g/mol. The van der Waals surface area contributed by atoms with Crippen molar-refractivity contribution in [1.82, 2.24) is 0 Å². The predicted molar refractivity (Wildman–Crippen MR) is 73.0 cm³/mol. The number of halogens is 1. The van der Waals surface area contributed by atoms with Crippen LogP contribution < -0.4 is 9.62 Å². The number of benzene rings is 1. The first-order valence-electron chi connectivity index (χ1n) is 6.71. The first-order chi connectivity index (χ1) is 10.3. The molecule has 1 aromatic carbocycles. The fourth-order valence-corrected chi connectivity index (χ4v) is 1.34. The zero-order chi connectivity index (χ0) is 15.3. The number of aliphatic hydroxyl groups is 2. The summed E-state index contributed by atoms with van der Waals surface area (Å²) in [4.78, 5) is 9.85. The molecule has 6 nitrogen and oxygen atoms in total. The molecular formula is C14H21FO6. The van der Waals surface area contributed by atoms with E-state index in [1.165, 1.54) is 0 Å². The Kier molecular flexibility index (Phi) is 9.47. The summed E-state index contributed by atoms with van der Waals surface area (Å²) in [5.41, 5.74) is 0. The van der Waals surface area contributed by atoms with E-state index in [1.807, 2.05) is 0 Å². The Balaban J connectivity index is 2.21. The largest absolute Gasteiger partial charge is 0.491 e. The van der Waals surface area contributed by atoms with Gasteiger partial charge in [0.1, 0.15) is 25.1 Å². The van der Waals surface area contributed by atoms with Gasteiger partial charge in [0, 0.05) is 6.61 Å². The average molecular weight is 304 g/mol. The molecule has 1 atom stereocenters. The summed E-state index contributed by atoms with van der Waals surface area (Å²) in [6.45, 7) is -0.161. The van der Waals surface area contributed by atoms with Gasteiger partial charge < -0.3 is 24.6 Å². The third kappa shape index (κ3) is 8.46. The van der Waals surface area contributed by atoms with Crippen molar-refractivity contribution in [2.45, 2.75) is 12.5 Å². The minimum atomic E-state index is -0.811. The smallest absolute Gasteiger partial charge is 0.165 e. The van der Waals surface area contributed by atoms with Crippen molar-refractivity contribution in [3.8, 4) is 11.5 Å². The molecule has 1 rings (SSSR count). The topological polar surface area (TPSA) is 77.4 Å². The quantitative estimate of drug-likeness (QED) is 0.342. The van der Waals surface area contributed by atoms with E-state index in [-0.39, 0.29) is 26.4 Å². The van der Waals surface area contributed by atoms with E-state index in [2.05, 4.69) is 0 Å². The highest BCUT2D eigenvalue weighted by Gasteiger charge is 2.06. The third-order valence-electron chi connectivity index (χ3n) is 2.34.